The van der Waals surface area contributed by atoms with Crippen LogP contribution in [0.25, 0.3) is 0 Å². The molecule has 5 nitrogen and oxygen atoms in total. The molecule has 0 saturated heterocycles. The van der Waals surface area contributed by atoms with Crippen LogP contribution in [-0.4, -0.2) is 47.1 Å². The number of rotatable bonds is 8. The van der Waals surface area contributed by atoms with Gasteiger partial charge in [0.15, 0.2) is 0 Å². The molecule has 0 aliphatic heterocycles. The van der Waals surface area contributed by atoms with E-state index in [-0.39, 0.29) is 12.5 Å². The van der Waals surface area contributed by atoms with E-state index < -0.39 is 0 Å². The van der Waals surface area contributed by atoms with Crippen molar-refractivity contribution in [2.45, 2.75) is 33.6 Å². The number of carbonyl (C=O) groups excluding carboxylic acids is 1. The van der Waals surface area contributed by atoms with E-state index >= 15 is 0 Å². The zero-order valence-corrected chi connectivity index (χ0v) is 12.6. The van der Waals surface area contributed by atoms with Crippen molar-refractivity contribution in [3.8, 4) is 0 Å². The first-order valence-electron chi connectivity index (χ1n) is 7.24. The quantitative estimate of drug-likeness (QED) is 0.764. The smallest absolute Gasteiger partial charge is 0.257 e. The number of anilines is 1. The molecule has 1 heterocycles. The summed E-state index contributed by atoms with van der Waals surface area (Å²) in [5.74, 6) is -0.0732. The number of pyridine rings is 1. The highest BCUT2D eigenvalue weighted by molar-refractivity contribution is 5.99. The van der Waals surface area contributed by atoms with Crippen molar-refractivity contribution in [3.05, 3.63) is 23.5 Å². The minimum absolute atomic E-state index is 0.0225. The zero-order chi connectivity index (χ0) is 15.0. The molecule has 0 bridgehead atoms. The molecule has 2 N–H and O–H groups in total. The Morgan fingerprint density at radius 3 is 2.75 bits per heavy atom. The van der Waals surface area contributed by atoms with Crippen molar-refractivity contribution in [2.75, 3.05) is 31.6 Å². The van der Waals surface area contributed by atoms with Crippen molar-refractivity contribution in [1.29, 1.82) is 0 Å². The van der Waals surface area contributed by atoms with Crippen molar-refractivity contribution in [2.24, 2.45) is 0 Å². The molecule has 0 fully saturated rings. The number of hydrogen-bond donors (Lipinski definition) is 2. The van der Waals surface area contributed by atoms with Gasteiger partial charge in [-0.3, -0.25) is 9.78 Å². The fourth-order valence-electron chi connectivity index (χ4n) is 2.02. The average molecular weight is 279 g/mol. The van der Waals surface area contributed by atoms with Gasteiger partial charge in [-0.1, -0.05) is 13.3 Å². The van der Waals surface area contributed by atoms with Crippen LogP contribution < -0.4 is 5.32 Å². The van der Waals surface area contributed by atoms with Crippen molar-refractivity contribution in [1.82, 2.24) is 9.88 Å². The molecule has 0 aliphatic carbocycles. The van der Waals surface area contributed by atoms with Crippen LogP contribution in [0.3, 0.4) is 0 Å². The van der Waals surface area contributed by atoms with Gasteiger partial charge in [0.1, 0.15) is 0 Å². The lowest BCUT2D eigenvalue weighted by atomic mass is 10.1. The van der Waals surface area contributed by atoms with E-state index in [1.807, 2.05) is 19.9 Å². The van der Waals surface area contributed by atoms with E-state index in [2.05, 4.69) is 17.2 Å². The number of aliphatic hydroxyl groups is 1. The second-order valence-electron chi connectivity index (χ2n) is 4.77. The Labute approximate surface area is 121 Å². The number of carbonyl (C=O) groups is 1. The summed E-state index contributed by atoms with van der Waals surface area (Å²) in [6.45, 7) is 7.72. The first-order chi connectivity index (χ1) is 9.63. The third-order valence-electron chi connectivity index (χ3n) is 3.08. The molecule has 0 atom stereocenters. The van der Waals surface area contributed by atoms with Crippen molar-refractivity contribution >= 4 is 11.6 Å². The molecule has 1 amide bonds. The highest BCUT2D eigenvalue weighted by Crippen LogP contribution is 2.18. The molecule has 20 heavy (non-hydrogen) atoms. The van der Waals surface area contributed by atoms with Crippen molar-refractivity contribution in [3.63, 3.8) is 0 Å². The number of hydrogen-bond acceptors (Lipinski definition) is 4. The topological polar surface area (TPSA) is 65.5 Å². The molecule has 5 heteroatoms. The van der Waals surface area contributed by atoms with Crippen LogP contribution >= 0.6 is 0 Å². The van der Waals surface area contributed by atoms with E-state index in [4.69, 9.17) is 5.11 Å². The van der Waals surface area contributed by atoms with E-state index in [9.17, 15) is 4.79 Å². The minimum atomic E-state index is -0.0732. The summed E-state index contributed by atoms with van der Waals surface area (Å²) in [6, 6.07) is 1.88. The summed E-state index contributed by atoms with van der Waals surface area (Å²) in [5.41, 5.74) is 2.26. The maximum absolute atomic E-state index is 12.6. The summed E-state index contributed by atoms with van der Waals surface area (Å²) in [7, 11) is 0. The lowest BCUT2D eigenvalue weighted by Gasteiger charge is -2.23. The number of aromatic nitrogens is 1. The van der Waals surface area contributed by atoms with Crippen molar-refractivity contribution < 1.29 is 9.90 Å². The second kappa shape index (κ2) is 8.53. The molecular weight excluding hydrogens is 254 g/mol. The predicted molar refractivity (Wildman–Crippen MR) is 81.0 cm³/mol. The SMILES string of the molecule is CCCCN(CCO)C(=O)c1cnc(C)cc1NCC. The van der Waals surface area contributed by atoms with Gasteiger partial charge >= 0.3 is 0 Å². The summed E-state index contributed by atoms with van der Waals surface area (Å²) >= 11 is 0. The third kappa shape index (κ3) is 4.49. The van der Waals surface area contributed by atoms with Gasteiger partial charge in [-0.2, -0.15) is 0 Å². The summed E-state index contributed by atoms with van der Waals surface area (Å²) in [5, 5.41) is 12.3. The first-order valence-corrected chi connectivity index (χ1v) is 7.24. The monoisotopic (exact) mass is 279 g/mol. The number of nitrogens with one attached hydrogen (secondary N) is 1. The van der Waals surface area contributed by atoms with Gasteiger partial charge in [0, 0.05) is 31.5 Å². The molecule has 0 saturated carbocycles. The largest absolute Gasteiger partial charge is 0.395 e. The third-order valence-corrected chi connectivity index (χ3v) is 3.08. The molecule has 1 rings (SSSR count). The molecule has 0 radical (unpaired) electrons. The maximum Gasteiger partial charge on any atom is 0.257 e. The van der Waals surface area contributed by atoms with Crippen LogP contribution in [0.4, 0.5) is 5.69 Å². The Bertz CT molecular complexity index is 435. The molecule has 0 spiro atoms. The summed E-state index contributed by atoms with van der Waals surface area (Å²) < 4.78 is 0. The van der Waals surface area contributed by atoms with Gasteiger partial charge in [-0.05, 0) is 26.3 Å². The Morgan fingerprint density at radius 1 is 1.40 bits per heavy atom. The number of unbranched alkanes of at least 4 members (excludes halogenated alkanes) is 1. The Morgan fingerprint density at radius 2 is 2.15 bits per heavy atom. The Hall–Kier alpha value is -1.62. The fourth-order valence-corrected chi connectivity index (χ4v) is 2.02. The molecular formula is C15H25N3O2. The van der Waals surface area contributed by atoms with Gasteiger partial charge in [0.05, 0.1) is 17.9 Å². The summed E-state index contributed by atoms with van der Waals surface area (Å²) in [6.07, 6.45) is 3.56. The minimum Gasteiger partial charge on any atom is -0.395 e. The molecule has 0 aliphatic rings. The molecule has 112 valence electrons. The lowest BCUT2D eigenvalue weighted by molar-refractivity contribution is 0.0720. The Kier molecular flexibility index (Phi) is 7.01. The summed E-state index contributed by atoms with van der Waals surface area (Å²) in [4.78, 5) is 18.5. The Balaban J connectivity index is 2.97. The van der Waals surface area contributed by atoms with Crippen LogP contribution in [-0.2, 0) is 0 Å². The average Bonchev–Trinajstić information content (AvgIpc) is 2.43. The van der Waals surface area contributed by atoms with Crippen LogP contribution in [0.15, 0.2) is 12.3 Å². The first kappa shape index (κ1) is 16.4. The highest BCUT2D eigenvalue weighted by Gasteiger charge is 2.18. The van der Waals surface area contributed by atoms with Crippen LogP contribution in [0, 0.1) is 6.92 Å². The van der Waals surface area contributed by atoms with E-state index in [0.717, 1.165) is 30.8 Å². The van der Waals surface area contributed by atoms with Crippen LogP contribution in [0.2, 0.25) is 0 Å². The molecule has 1 aromatic rings. The molecule has 1 aromatic heterocycles. The van der Waals surface area contributed by atoms with E-state index in [0.29, 0.717) is 18.7 Å². The normalized spacial score (nSPS) is 10.4. The second-order valence-corrected chi connectivity index (χ2v) is 4.77. The number of aryl methyl sites for hydroxylation is 1. The zero-order valence-electron chi connectivity index (χ0n) is 12.6. The maximum atomic E-state index is 12.6. The standard InChI is InChI=1S/C15H25N3O2/c1-4-6-7-18(8-9-19)15(20)13-11-17-12(3)10-14(13)16-5-2/h10-11,19H,4-9H2,1-3H3,(H,16,17). The van der Waals surface area contributed by atoms with E-state index in [1.165, 1.54) is 0 Å². The lowest BCUT2D eigenvalue weighted by Crippen LogP contribution is -2.35. The fraction of sp³-hybridized carbons (Fsp3) is 0.600. The van der Waals surface area contributed by atoms with Gasteiger partial charge in [-0.15, -0.1) is 0 Å². The van der Waals surface area contributed by atoms with Crippen LogP contribution in [0.1, 0.15) is 42.7 Å². The van der Waals surface area contributed by atoms with E-state index in [1.54, 1.807) is 11.1 Å². The highest BCUT2D eigenvalue weighted by atomic mass is 16.3. The van der Waals surface area contributed by atoms with Gasteiger partial charge in [0.2, 0.25) is 0 Å². The van der Waals surface area contributed by atoms with Gasteiger partial charge in [-0.25, -0.2) is 0 Å². The van der Waals surface area contributed by atoms with Gasteiger partial charge in [0.25, 0.3) is 5.91 Å². The molecule has 0 aromatic carbocycles. The van der Waals surface area contributed by atoms with Crippen LogP contribution in [0.5, 0.6) is 0 Å². The number of aliphatic hydroxyl groups excluding tert-OH is 1. The predicted octanol–water partition coefficient (Wildman–Crippen LogP) is 2.06. The van der Waals surface area contributed by atoms with Gasteiger partial charge < -0.3 is 15.3 Å². The molecule has 0 unspecified atom stereocenters. The number of nitrogens with zero attached hydrogens (tertiary/aromatic N) is 2. The number of amides is 1.